The minimum Gasteiger partial charge on any atom is -0.353 e. The molecule has 2 aromatic heterocycles. The van der Waals surface area contributed by atoms with Crippen LogP contribution >= 0.6 is 23.1 Å². The van der Waals surface area contributed by atoms with Gasteiger partial charge in [0.05, 0.1) is 10.6 Å². The summed E-state index contributed by atoms with van der Waals surface area (Å²) in [6.07, 6.45) is 0. The van der Waals surface area contributed by atoms with Crippen molar-refractivity contribution in [2.75, 3.05) is 5.75 Å². The SMILES string of the molecule is CC(C)C(C)NC(=O)CSc1nnc(-c2cccs2)n1C. The standard InChI is InChI=1S/C14H20N4OS2/c1-9(2)10(3)15-12(19)8-21-14-17-16-13(18(14)4)11-6-5-7-20-11/h5-7,9-10H,8H2,1-4H3,(H,15,19). The molecule has 0 saturated heterocycles. The summed E-state index contributed by atoms with van der Waals surface area (Å²) >= 11 is 3.04. The predicted molar refractivity (Wildman–Crippen MR) is 87.5 cm³/mol. The van der Waals surface area contributed by atoms with Crippen LogP contribution in [0.4, 0.5) is 0 Å². The molecule has 0 aliphatic heterocycles. The Bertz CT molecular complexity index is 592. The van der Waals surface area contributed by atoms with Crippen molar-refractivity contribution >= 4 is 29.0 Å². The number of carbonyl (C=O) groups excluding carboxylic acids is 1. The van der Waals surface area contributed by atoms with Gasteiger partial charge in [-0.05, 0) is 24.3 Å². The topological polar surface area (TPSA) is 59.8 Å². The molecular formula is C14H20N4OS2. The van der Waals surface area contributed by atoms with Gasteiger partial charge in [0.15, 0.2) is 11.0 Å². The van der Waals surface area contributed by atoms with Crippen molar-refractivity contribution in [2.24, 2.45) is 13.0 Å². The Kier molecular flexibility index (Phi) is 5.41. The third kappa shape index (κ3) is 4.07. The first-order valence-electron chi connectivity index (χ1n) is 6.84. The maximum atomic E-state index is 11.9. The van der Waals surface area contributed by atoms with Crippen molar-refractivity contribution in [3.05, 3.63) is 17.5 Å². The number of rotatable bonds is 6. The van der Waals surface area contributed by atoms with Gasteiger partial charge in [0.25, 0.3) is 0 Å². The largest absolute Gasteiger partial charge is 0.353 e. The van der Waals surface area contributed by atoms with E-state index >= 15 is 0 Å². The Morgan fingerprint density at radius 2 is 2.19 bits per heavy atom. The third-order valence-corrected chi connectivity index (χ3v) is 5.18. The average Bonchev–Trinajstić information content (AvgIpc) is 3.05. The lowest BCUT2D eigenvalue weighted by molar-refractivity contribution is -0.119. The summed E-state index contributed by atoms with van der Waals surface area (Å²) in [6.45, 7) is 6.20. The second-order valence-electron chi connectivity index (χ2n) is 5.23. The van der Waals surface area contributed by atoms with E-state index in [2.05, 4.69) is 29.4 Å². The fraction of sp³-hybridized carbons (Fsp3) is 0.500. The van der Waals surface area contributed by atoms with E-state index in [0.29, 0.717) is 11.7 Å². The number of carbonyl (C=O) groups is 1. The molecule has 0 aliphatic rings. The van der Waals surface area contributed by atoms with Gasteiger partial charge in [-0.1, -0.05) is 31.7 Å². The van der Waals surface area contributed by atoms with E-state index in [4.69, 9.17) is 0 Å². The number of amides is 1. The molecule has 21 heavy (non-hydrogen) atoms. The van der Waals surface area contributed by atoms with Crippen LogP contribution in [-0.4, -0.2) is 32.5 Å². The van der Waals surface area contributed by atoms with E-state index < -0.39 is 0 Å². The fourth-order valence-corrected chi connectivity index (χ4v) is 3.12. The van der Waals surface area contributed by atoms with Gasteiger partial charge in [-0.3, -0.25) is 4.79 Å². The van der Waals surface area contributed by atoms with Crippen LogP contribution < -0.4 is 5.32 Å². The van der Waals surface area contributed by atoms with Crippen molar-refractivity contribution in [2.45, 2.75) is 32.0 Å². The smallest absolute Gasteiger partial charge is 0.230 e. The van der Waals surface area contributed by atoms with Crippen LogP contribution in [0, 0.1) is 5.92 Å². The van der Waals surface area contributed by atoms with Crippen molar-refractivity contribution in [3.8, 4) is 10.7 Å². The van der Waals surface area contributed by atoms with Crippen LogP contribution in [0.1, 0.15) is 20.8 Å². The van der Waals surface area contributed by atoms with E-state index in [1.165, 1.54) is 11.8 Å². The van der Waals surface area contributed by atoms with Gasteiger partial charge in [-0.2, -0.15) is 0 Å². The summed E-state index contributed by atoms with van der Waals surface area (Å²) in [5, 5.41) is 14.1. The zero-order valence-electron chi connectivity index (χ0n) is 12.7. The van der Waals surface area contributed by atoms with E-state index in [1.54, 1.807) is 11.3 Å². The molecule has 7 heteroatoms. The van der Waals surface area contributed by atoms with Gasteiger partial charge < -0.3 is 9.88 Å². The molecule has 114 valence electrons. The fourth-order valence-electron chi connectivity index (χ4n) is 1.65. The first-order valence-corrected chi connectivity index (χ1v) is 8.71. The number of hydrogen-bond donors (Lipinski definition) is 1. The van der Waals surface area contributed by atoms with E-state index in [9.17, 15) is 4.79 Å². The minimum atomic E-state index is 0.0295. The highest BCUT2D eigenvalue weighted by atomic mass is 32.2. The van der Waals surface area contributed by atoms with Crippen molar-refractivity contribution in [1.29, 1.82) is 0 Å². The molecule has 5 nitrogen and oxygen atoms in total. The highest BCUT2D eigenvalue weighted by Crippen LogP contribution is 2.25. The number of nitrogens with one attached hydrogen (secondary N) is 1. The van der Waals surface area contributed by atoms with Crippen LogP contribution in [0.15, 0.2) is 22.7 Å². The van der Waals surface area contributed by atoms with Gasteiger partial charge in [0.1, 0.15) is 0 Å². The Labute approximate surface area is 133 Å². The van der Waals surface area contributed by atoms with Gasteiger partial charge in [0.2, 0.25) is 5.91 Å². The Morgan fingerprint density at radius 3 is 2.81 bits per heavy atom. The Morgan fingerprint density at radius 1 is 1.43 bits per heavy atom. The molecule has 1 N–H and O–H groups in total. The zero-order valence-corrected chi connectivity index (χ0v) is 14.3. The lowest BCUT2D eigenvalue weighted by Gasteiger charge is -2.17. The average molecular weight is 324 g/mol. The van der Waals surface area contributed by atoms with Crippen LogP contribution in [0.2, 0.25) is 0 Å². The molecule has 2 aromatic rings. The van der Waals surface area contributed by atoms with Crippen molar-refractivity contribution in [3.63, 3.8) is 0 Å². The molecular weight excluding hydrogens is 304 g/mol. The quantitative estimate of drug-likeness (QED) is 0.830. The lowest BCUT2D eigenvalue weighted by atomic mass is 10.1. The molecule has 0 fully saturated rings. The molecule has 1 amide bonds. The maximum absolute atomic E-state index is 11.9. The summed E-state index contributed by atoms with van der Waals surface area (Å²) in [6, 6.07) is 4.18. The Balaban J connectivity index is 1.94. The maximum Gasteiger partial charge on any atom is 0.230 e. The van der Waals surface area contributed by atoms with Gasteiger partial charge in [-0.25, -0.2) is 0 Å². The molecule has 2 heterocycles. The summed E-state index contributed by atoms with van der Waals surface area (Å²) in [7, 11) is 1.92. The highest BCUT2D eigenvalue weighted by molar-refractivity contribution is 7.99. The zero-order chi connectivity index (χ0) is 15.4. The van der Waals surface area contributed by atoms with E-state index in [-0.39, 0.29) is 11.9 Å². The van der Waals surface area contributed by atoms with Crippen LogP contribution in [0.25, 0.3) is 10.7 Å². The second-order valence-corrected chi connectivity index (χ2v) is 7.12. The van der Waals surface area contributed by atoms with Crippen molar-refractivity contribution < 1.29 is 4.79 Å². The van der Waals surface area contributed by atoms with Gasteiger partial charge >= 0.3 is 0 Å². The molecule has 1 unspecified atom stereocenters. The van der Waals surface area contributed by atoms with Crippen LogP contribution in [0.5, 0.6) is 0 Å². The number of aromatic nitrogens is 3. The molecule has 0 saturated carbocycles. The number of hydrogen-bond acceptors (Lipinski definition) is 5. The Hall–Kier alpha value is -1.34. The van der Waals surface area contributed by atoms with Crippen molar-refractivity contribution in [1.82, 2.24) is 20.1 Å². The summed E-state index contributed by atoms with van der Waals surface area (Å²) in [5.41, 5.74) is 0. The van der Waals surface area contributed by atoms with Crippen LogP contribution in [-0.2, 0) is 11.8 Å². The highest BCUT2D eigenvalue weighted by Gasteiger charge is 2.15. The molecule has 0 radical (unpaired) electrons. The molecule has 0 bridgehead atoms. The normalized spacial score (nSPS) is 12.6. The number of thioether (sulfide) groups is 1. The second kappa shape index (κ2) is 7.09. The number of nitrogens with zero attached hydrogens (tertiary/aromatic N) is 3. The summed E-state index contributed by atoms with van der Waals surface area (Å²) in [4.78, 5) is 13.0. The summed E-state index contributed by atoms with van der Waals surface area (Å²) < 4.78 is 1.93. The molecule has 1 atom stereocenters. The van der Waals surface area contributed by atoms with Gasteiger partial charge in [0, 0.05) is 13.1 Å². The van der Waals surface area contributed by atoms with E-state index in [0.717, 1.165) is 15.9 Å². The predicted octanol–water partition coefficient (Wildman–Crippen LogP) is 2.80. The molecule has 0 aliphatic carbocycles. The monoisotopic (exact) mass is 324 g/mol. The third-order valence-electron chi connectivity index (χ3n) is 3.30. The molecule has 0 aromatic carbocycles. The lowest BCUT2D eigenvalue weighted by Crippen LogP contribution is -2.37. The first kappa shape index (κ1) is 16.0. The van der Waals surface area contributed by atoms with E-state index in [1.807, 2.05) is 36.1 Å². The first-order chi connectivity index (χ1) is 9.99. The summed E-state index contributed by atoms with van der Waals surface area (Å²) in [5.74, 6) is 1.65. The molecule has 0 spiro atoms. The molecule has 2 rings (SSSR count). The minimum absolute atomic E-state index is 0.0295. The number of thiophene rings is 1. The van der Waals surface area contributed by atoms with Gasteiger partial charge in [-0.15, -0.1) is 21.5 Å². The van der Waals surface area contributed by atoms with Crippen LogP contribution in [0.3, 0.4) is 0 Å².